The van der Waals surface area contributed by atoms with Gasteiger partial charge in [-0.15, -0.1) is 0 Å². The monoisotopic (exact) mass is 351 g/mol. The minimum atomic E-state index is -2.59. The van der Waals surface area contributed by atoms with Crippen molar-refractivity contribution in [2.24, 2.45) is 11.3 Å². The first kappa shape index (κ1) is 17.2. The number of hydrogen-bond acceptors (Lipinski definition) is 4. The van der Waals surface area contributed by atoms with E-state index in [0.29, 0.717) is 38.5 Å². The maximum absolute atomic E-state index is 14.9. The molecular weight excluding hydrogens is 324 g/mol. The Kier molecular flexibility index (Phi) is 4.67. The average molecular weight is 351 g/mol. The first-order valence-electron chi connectivity index (χ1n) is 9.42. The van der Waals surface area contributed by atoms with Crippen molar-refractivity contribution in [3.05, 3.63) is 24.4 Å². The Labute approximate surface area is 148 Å². The molecule has 3 aliphatic heterocycles. The van der Waals surface area contributed by atoms with E-state index in [9.17, 15) is 8.78 Å². The third kappa shape index (κ3) is 3.38. The molecule has 0 bridgehead atoms. The number of likely N-dealkylation sites (tertiary alicyclic amines) is 1. The van der Waals surface area contributed by atoms with Gasteiger partial charge in [-0.3, -0.25) is 0 Å². The van der Waals surface area contributed by atoms with Gasteiger partial charge in [0.05, 0.1) is 5.41 Å². The van der Waals surface area contributed by atoms with E-state index in [2.05, 4.69) is 9.88 Å². The van der Waals surface area contributed by atoms with Crippen LogP contribution in [0.5, 0.6) is 0 Å². The molecule has 4 nitrogen and oxygen atoms in total. The number of rotatable bonds is 3. The third-order valence-corrected chi connectivity index (χ3v) is 6.23. The van der Waals surface area contributed by atoms with Gasteiger partial charge in [0.1, 0.15) is 5.82 Å². The fourth-order valence-electron chi connectivity index (χ4n) is 4.67. The Hall–Kier alpha value is -1.27. The van der Waals surface area contributed by atoms with Gasteiger partial charge < -0.3 is 14.5 Å². The van der Waals surface area contributed by atoms with Crippen molar-refractivity contribution in [2.45, 2.75) is 31.6 Å². The molecule has 6 heteroatoms. The molecule has 4 heterocycles. The van der Waals surface area contributed by atoms with Crippen LogP contribution < -0.4 is 4.90 Å². The van der Waals surface area contributed by atoms with E-state index in [1.165, 1.54) is 0 Å². The molecule has 3 fully saturated rings. The molecule has 0 amide bonds. The van der Waals surface area contributed by atoms with Crippen molar-refractivity contribution < 1.29 is 13.5 Å². The maximum Gasteiger partial charge on any atom is 0.257 e. The highest BCUT2D eigenvalue weighted by Crippen LogP contribution is 2.50. The molecule has 0 aromatic carbocycles. The van der Waals surface area contributed by atoms with Crippen LogP contribution in [0.3, 0.4) is 0 Å². The van der Waals surface area contributed by atoms with E-state index in [1.54, 1.807) is 6.20 Å². The van der Waals surface area contributed by atoms with Crippen LogP contribution in [0.2, 0.25) is 0 Å². The van der Waals surface area contributed by atoms with Crippen LogP contribution in [0, 0.1) is 11.3 Å². The molecule has 1 aromatic heterocycles. The van der Waals surface area contributed by atoms with Crippen molar-refractivity contribution >= 4 is 5.82 Å². The smallest absolute Gasteiger partial charge is 0.257 e. The predicted octanol–water partition coefficient (Wildman–Crippen LogP) is 3.05. The second kappa shape index (κ2) is 6.80. The Morgan fingerprint density at radius 1 is 1.12 bits per heavy atom. The molecule has 0 aliphatic carbocycles. The van der Waals surface area contributed by atoms with Gasteiger partial charge in [-0.2, -0.15) is 0 Å². The van der Waals surface area contributed by atoms with Crippen molar-refractivity contribution in [1.29, 1.82) is 0 Å². The predicted molar refractivity (Wildman–Crippen MR) is 93.0 cm³/mol. The zero-order chi connectivity index (χ0) is 17.3. The second-order valence-corrected chi connectivity index (χ2v) is 7.89. The number of ether oxygens (including phenoxy) is 1. The van der Waals surface area contributed by atoms with E-state index in [4.69, 9.17) is 4.74 Å². The molecule has 1 atom stereocenters. The highest BCUT2D eigenvalue weighted by Gasteiger charge is 2.59. The molecule has 3 saturated heterocycles. The minimum absolute atomic E-state index is 0.0215. The summed E-state index contributed by atoms with van der Waals surface area (Å²) >= 11 is 0. The van der Waals surface area contributed by atoms with Gasteiger partial charge in [0.15, 0.2) is 0 Å². The standard InChI is InChI=1S/C19H27F2N3O/c20-19(21)7-9-23(13-16-4-11-25-12-5-16)14-18(19)6-10-24(15-18)17-3-1-2-8-22-17/h1-3,8,16H,4-7,9-15H2/t18-/m0/s1. The third-order valence-electron chi connectivity index (χ3n) is 6.23. The molecule has 0 saturated carbocycles. The SMILES string of the molecule is FC1(F)CCN(CC2CCOCC2)C[C@]12CCN(c1ccccn1)C2. The quantitative estimate of drug-likeness (QED) is 0.837. The largest absolute Gasteiger partial charge is 0.381 e. The van der Waals surface area contributed by atoms with Crippen molar-refractivity contribution in [1.82, 2.24) is 9.88 Å². The van der Waals surface area contributed by atoms with Crippen LogP contribution in [0.25, 0.3) is 0 Å². The van der Waals surface area contributed by atoms with E-state index in [-0.39, 0.29) is 6.42 Å². The Morgan fingerprint density at radius 2 is 1.96 bits per heavy atom. The Balaban J connectivity index is 1.46. The lowest BCUT2D eigenvalue weighted by Crippen LogP contribution is -2.57. The number of aromatic nitrogens is 1. The summed E-state index contributed by atoms with van der Waals surface area (Å²) in [6.45, 7) is 4.64. The van der Waals surface area contributed by atoms with Crippen LogP contribution in [0.4, 0.5) is 14.6 Å². The summed E-state index contributed by atoms with van der Waals surface area (Å²) in [4.78, 5) is 8.67. The second-order valence-electron chi connectivity index (χ2n) is 7.89. The fourth-order valence-corrected chi connectivity index (χ4v) is 4.67. The average Bonchev–Trinajstić information content (AvgIpc) is 3.06. The highest BCUT2D eigenvalue weighted by atomic mass is 19.3. The lowest BCUT2D eigenvalue weighted by atomic mass is 9.75. The lowest BCUT2D eigenvalue weighted by Gasteiger charge is -2.47. The number of anilines is 1. The van der Waals surface area contributed by atoms with E-state index < -0.39 is 11.3 Å². The zero-order valence-electron chi connectivity index (χ0n) is 14.7. The summed E-state index contributed by atoms with van der Waals surface area (Å²) in [5.74, 6) is -1.19. The van der Waals surface area contributed by atoms with Gasteiger partial charge in [-0.1, -0.05) is 6.07 Å². The first-order valence-corrected chi connectivity index (χ1v) is 9.42. The van der Waals surface area contributed by atoms with Gasteiger partial charge in [0.2, 0.25) is 0 Å². The maximum atomic E-state index is 14.9. The summed E-state index contributed by atoms with van der Waals surface area (Å²) < 4.78 is 35.3. The molecule has 3 aliphatic rings. The first-order chi connectivity index (χ1) is 12.1. The van der Waals surface area contributed by atoms with E-state index in [0.717, 1.165) is 38.4 Å². The van der Waals surface area contributed by atoms with Gasteiger partial charge >= 0.3 is 0 Å². The molecule has 25 heavy (non-hydrogen) atoms. The summed E-state index contributed by atoms with van der Waals surface area (Å²) in [6.07, 6.45) is 4.36. The summed E-state index contributed by atoms with van der Waals surface area (Å²) in [6, 6.07) is 5.70. The van der Waals surface area contributed by atoms with Crippen molar-refractivity contribution in [2.75, 3.05) is 50.8 Å². The lowest BCUT2D eigenvalue weighted by molar-refractivity contribution is -0.159. The molecule has 1 spiro atoms. The van der Waals surface area contributed by atoms with Crippen molar-refractivity contribution in [3.8, 4) is 0 Å². The fraction of sp³-hybridized carbons (Fsp3) is 0.737. The Morgan fingerprint density at radius 3 is 2.72 bits per heavy atom. The number of halogens is 2. The topological polar surface area (TPSA) is 28.6 Å². The molecule has 0 radical (unpaired) electrons. The number of nitrogens with zero attached hydrogens (tertiary/aromatic N) is 3. The number of piperidine rings is 1. The molecule has 4 rings (SSSR count). The molecule has 138 valence electrons. The van der Waals surface area contributed by atoms with Crippen LogP contribution in [0.1, 0.15) is 25.7 Å². The minimum Gasteiger partial charge on any atom is -0.381 e. The molecule has 1 aromatic rings. The van der Waals surface area contributed by atoms with Gasteiger partial charge in [0, 0.05) is 58.6 Å². The van der Waals surface area contributed by atoms with Gasteiger partial charge in [0.25, 0.3) is 5.92 Å². The van der Waals surface area contributed by atoms with Crippen LogP contribution in [-0.2, 0) is 4.74 Å². The van der Waals surface area contributed by atoms with E-state index in [1.807, 2.05) is 23.1 Å². The van der Waals surface area contributed by atoms with Gasteiger partial charge in [-0.05, 0) is 37.3 Å². The molecular formula is C19H27F2N3O. The normalized spacial score (nSPS) is 30.9. The zero-order valence-corrected chi connectivity index (χ0v) is 14.7. The van der Waals surface area contributed by atoms with Gasteiger partial charge in [-0.25, -0.2) is 13.8 Å². The summed E-state index contributed by atoms with van der Waals surface area (Å²) in [5.41, 5.74) is -0.937. The van der Waals surface area contributed by atoms with Crippen LogP contribution in [-0.4, -0.2) is 61.7 Å². The highest BCUT2D eigenvalue weighted by molar-refractivity contribution is 5.40. The molecule has 0 N–H and O–H groups in total. The number of alkyl halides is 2. The molecule has 0 unspecified atom stereocenters. The number of pyridine rings is 1. The summed E-state index contributed by atoms with van der Waals surface area (Å²) in [7, 11) is 0. The van der Waals surface area contributed by atoms with Crippen LogP contribution in [0.15, 0.2) is 24.4 Å². The summed E-state index contributed by atoms with van der Waals surface area (Å²) in [5, 5.41) is 0. The number of hydrogen-bond donors (Lipinski definition) is 0. The Bertz CT molecular complexity index is 579. The van der Waals surface area contributed by atoms with Crippen LogP contribution >= 0.6 is 0 Å². The van der Waals surface area contributed by atoms with Crippen molar-refractivity contribution in [3.63, 3.8) is 0 Å². The van der Waals surface area contributed by atoms with E-state index >= 15 is 0 Å².